The lowest BCUT2D eigenvalue weighted by Gasteiger charge is -2.28. The summed E-state index contributed by atoms with van der Waals surface area (Å²) in [7, 11) is 1.79. The van der Waals surface area contributed by atoms with Crippen LogP contribution >= 0.6 is 0 Å². The van der Waals surface area contributed by atoms with E-state index in [0.717, 1.165) is 16.3 Å². The molecule has 1 atom stereocenters. The molecule has 0 aromatic heterocycles. The number of nitrogens with one attached hydrogen (secondary N) is 1. The van der Waals surface area contributed by atoms with Crippen LogP contribution in [-0.4, -0.2) is 68.1 Å². The number of benzene rings is 2. The van der Waals surface area contributed by atoms with Crippen LogP contribution in [0.2, 0.25) is 0 Å². The molecule has 6 heteroatoms. The second kappa shape index (κ2) is 8.97. The minimum atomic E-state index is -0.105. The summed E-state index contributed by atoms with van der Waals surface area (Å²) in [6.07, 6.45) is 0. The highest BCUT2D eigenvalue weighted by Gasteiger charge is 2.20. The van der Waals surface area contributed by atoms with Gasteiger partial charge in [0.15, 0.2) is 0 Å². The smallest absolute Gasteiger partial charge is 0.236 e. The van der Waals surface area contributed by atoms with Crippen LogP contribution in [0.15, 0.2) is 42.5 Å². The first-order valence-corrected chi connectivity index (χ1v) is 9.35. The summed E-state index contributed by atoms with van der Waals surface area (Å²) in [6.45, 7) is 4.81. The SMILES string of the molecule is C[C@H](NC(=O)CN(C)CC(=O)N1CCOCC1)c1cccc2ccccc12. The zero-order chi connectivity index (χ0) is 19.2. The molecule has 1 saturated heterocycles. The van der Waals surface area contributed by atoms with E-state index in [-0.39, 0.29) is 30.9 Å². The quantitative estimate of drug-likeness (QED) is 0.844. The monoisotopic (exact) mass is 369 g/mol. The van der Waals surface area contributed by atoms with Gasteiger partial charge in [-0.2, -0.15) is 0 Å². The number of rotatable bonds is 6. The van der Waals surface area contributed by atoms with Gasteiger partial charge in [-0.1, -0.05) is 42.5 Å². The van der Waals surface area contributed by atoms with Crippen molar-refractivity contribution >= 4 is 22.6 Å². The van der Waals surface area contributed by atoms with Gasteiger partial charge in [0, 0.05) is 13.1 Å². The van der Waals surface area contributed by atoms with Crippen LogP contribution in [0.1, 0.15) is 18.5 Å². The van der Waals surface area contributed by atoms with E-state index in [4.69, 9.17) is 4.74 Å². The molecule has 2 aromatic rings. The van der Waals surface area contributed by atoms with Crippen LogP contribution in [0, 0.1) is 0 Å². The maximum absolute atomic E-state index is 12.4. The third-order valence-electron chi connectivity index (χ3n) is 4.85. The highest BCUT2D eigenvalue weighted by atomic mass is 16.5. The molecule has 3 rings (SSSR count). The number of fused-ring (bicyclic) bond motifs is 1. The van der Waals surface area contributed by atoms with Crippen LogP contribution in [0.4, 0.5) is 0 Å². The van der Waals surface area contributed by atoms with Crippen molar-refractivity contribution in [2.45, 2.75) is 13.0 Å². The van der Waals surface area contributed by atoms with Gasteiger partial charge in [0.25, 0.3) is 0 Å². The zero-order valence-corrected chi connectivity index (χ0v) is 16.0. The lowest BCUT2D eigenvalue weighted by molar-refractivity contribution is -0.136. The molecule has 1 N–H and O–H groups in total. The number of nitrogens with zero attached hydrogens (tertiary/aromatic N) is 2. The molecule has 1 heterocycles. The van der Waals surface area contributed by atoms with Gasteiger partial charge in [0.2, 0.25) is 11.8 Å². The lowest BCUT2D eigenvalue weighted by Crippen LogP contribution is -2.46. The van der Waals surface area contributed by atoms with E-state index in [1.807, 2.05) is 31.2 Å². The van der Waals surface area contributed by atoms with Gasteiger partial charge >= 0.3 is 0 Å². The van der Waals surface area contributed by atoms with Crippen molar-refractivity contribution in [1.82, 2.24) is 15.1 Å². The fourth-order valence-electron chi connectivity index (χ4n) is 3.44. The number of likely N-dealkylation sites (N-methyl/N-ethyl adjacent to an activating group) is 1. The summed E-state index contributed by atoms with van der Waals surface area (Å²) in [4.78, 5) is 28.3. The topological polar surface area (TPSA) is 61.9 Å². The summed E-state index contributed by atoms with van der Waals surface area (Å²) in [5.41, 5.74) is 1.09. The summed E-state index contributed by atoms with van der Waals surface area (Å²) in [5.74, 6) is -0.0524. The number of carbonyl (C=O) groups is 2. The Hall–Kier alpha value is -2.44. The van der Waals surface area contributed by atoms with Crippen molar-refractivity contribution in [3.05, 3.63) is 48.0 Å². The number of amides is 2. The second-order valence-corrected chi connectivity index (χ2v) is 7.02. The first-order valence-electron chi connectivity index (χ1n) is 9.35. The molecule has 6 nitrogen and oxygen atoms in total. The third-order valence-corrected chi connectivity index (χ3v) is 4.85. The van der Waals surface area contributed by atoms with Gasteiger partial charge in [-0.3, -0.25) is 14.5 Å². The van der Waals surface area contributed by atoms with Crippen LogP contribution in [0.3, 0.4) is 0 Å². The van der Waals surface area contributed by atoms with Gasteiger partial charge < -0.3 is 15.0 Å². The second-order valence-electron chi connectivity index (χ2n) is 7.02. The summed E-state index contributed by atoms with van der Waals surface area (Å²) in [5, 5.41) is 5.35. The van der Waals surface area contributed by atoms with Crippen molar-refractivity contribution < 1.29 is 14.3 Å². The minimum absolute atomic E-state index is 0.0377. The average molecular weight is 369 g/mol. The molecular weight excluding hydrogens is 342 g/mol. The van der Waals surface area contributed by atoms with Crippen molar-refractivity contribution in [2.75, 3.05) is 46.4 Å². The highest BCUT2D eigenvalue weighted by molar-refractivity contribution is 5.87. The van der Waals surface area contributed by atoms with E-state index in [9.17, 15) is 9.59 Å². The Kier molecular flexibility index (Phi) is 6.42. The Balaban J connectivity index is 1.54. The zero-order valence-electron chi connectivity index (χ0n) is 16.0. The largest absolute Gasteiger partial charge is 0.378 e. The van der Waals surface area contributed by atoms with Gasteiger partial charge in [0.05, 0.1) is 32.3 Å². The first-order chi connectivity index (χ1) is 13.0. The molecule has 0 aliphatic carbocycles. The van der Waals surface area contributed by atoms with Crippen molar-refractivity contribution in [1.29, 1.82) is 0 Å². The average Bonchev–Trinajstić information content (AvgIpc) is 2.67. The Morgan fingerprint density at radius 3 is 2.59 bits per heavy atom. The number of ether oxygens (including phenoxy) is 1. The van der Waals surface area contributed by atoms with Crippen molar-refractivity contribution in [3.63, 3.8) is 0 Å². The summed E-state index contributed by atoms with van der Waals surface area (Å²) < 4.78 is 5.26. The van der Waals surface area contributed by atoms with Crippen LogP contribution in [0.25, 0.3) is 10.8 Å². The normalized spacial score (nSPS) is 15.7. The van der Waals surface area contributed by atoms with Gasteiger partial charge in [0.1, 0.15) is 0 Å². The van der Waals surface area contributed by atoms with Gasteiger partial charge in [-0.05, 0) is 30.3 Å². The molecular formula is C21H27N3O3. The number of carbonyl (C=O) groups excluding carboxylic acids is 2. The van der Waals surface area contributed by atoms with Crippen molar-refractivity contribution in [2.24, 2.45) is 0 Å². The summed E-state index contributed by atoms with van der Waals surface area (Å²) >= 11 is 0. The molecule has 0 saturated carbocycles. The van der Waals surface area contributed by atoms with Gasteiger partial charge in [-0.25, -0.2) is 0 Å². The van der Waals surface area contributed by atoms with E-state index < -0.39 is 0 Å². The molecule has 0 radical (unpaired) electrons. The Morgan fingerprint density at radius 1 is 1.11 bits per heavy atom. The Bertz CT molecular complexity index is 797. The van der Waals surface area contributed by atoms with E-state index >= 15 is 0 Å². The number of hydrogen-bond donors (Lipinski definition) is 1. The predicted octanol–water partition coefficient (Wildman–Crippen LogP) is 1.81. The first kappa shape index (κ1) is 19.3. The van der Waals surface area contributed by atoms with Crippen LogP contribution in [0.5, 0.6) is 0 Å². The minimum Gasteiger partial charge on any atom is -0.378 e. The molecule has 1 aliphatic rings. The number of morpholine rings is 1. The Morgan fingerprint density at radius 2 is 1.81 bits per heavy atom. The van der Waals surface area contributed by atoms with E-state index in [1.54, 1.807) is 16.8 Å². The molecule has 144 valence electrons. The molecule has 0 bridgehead atoms. The highest BCUT2D eigenvalue weighted by Crippen LogP contribution is 2.23. The standard InChI is InChI=1S/C21H27N3O3/c1-16(18-9-5-7-17-6-3-4-8-19(17)18)22-20(25)14-23(2)15-21(26)24-10-12-27-13-11-24/h3-9,16H,10-15H2,1-2H3,(H,22,25)/t16-/m0/s1. The predicted molar refractivity (Wildman–Crippen MR) is 105 cm³/mol. The van der Waals surface area contributed by atoms with E-state index in [2.05, 4.69) is 23.5 Å². The van der Waals surface area contributed by atoms with Crippen LogP contribution in [-0.2, 0) is 14.3 Å². The van der Waals surface area contributed by atoms with Crippen molar-refractivity contribution in [3.8, 4) is 0 Å². The molecule has 27 heavy (non-hydrogen) atoms. The molecule has 2 aromatic carbocycles. The van der Waals surface area contributed by atoms with E-state index in [0.29, 0.717) is 26.3 Å². The maximum Gasteiger partial charge on any atom is 0.236 e. The third kappa shape index (κ3) is 5.05. The fourth-order valence-corrected chi connectivity index (χ4v) is 3.44. The van der Waals surface area contributed by atoms with Gasteiger partial charge in [-0.15, -0.1) is 0 Å². The molecule has 1 fully saturated rings. The molecule has 1 aliphatic heterocycles. The Labute approximate surface area is 160 Å². The fraction of sp³-hybridized carbons (Fsp3) is 0.429. The van der Waals surface area contributed by atoms with Crippen LogP contribution < -0.4 is 5.32 Å². The number of hydrogen-bond acceptors (Lipinski definition) is 4. The molecule has 0 spiro atoms. The maximum atomic E-state index is 12.4. The molecule has 0 unspecified atom stereocenters. The van der Waals surface area contributed by atoms with E-state index in [1.165, 1.54) is 0 Å². The summed E-state index contributed by atoms with van der Waals surface area (Å²) in [6, 6.07) is 14.2. The lowest BCUT2D eigenvalue weighted by atomic mass is 10.00. The molecule has 2 amide bonds.